The highest BCUT2D eigenvalue weighted by Gasteiger charge is 2.12. The summed E-state index contributed by atoms with van der Waals surface area (Å²) in [7, 11) is 3.43. The quantitative estimate of drug-likeness (QED) is 0.850. The first-order chi connectivity index (χ1) is 10.1. The molecule has 0 aliphatic carbocycles. The summed E-state index contributed by atoms with van der Waals surface area (Å²) >= 11 is 6.25. The molecule has 0 unspecified atom stereocenters. The lowest BCUT2D eigenvalue weighted by atomic mass is 10.2. The van der Waals surface area contributed by atoms with Gasteiger partial charge in [0.15, 0.2) is 11.5 Å². The summed E-state index contributed by atoms with van der Waals surface area (Å²) in [6.07, 6.45) is 0. The van der Waals surface area contributed by atoms with Crippen LogP contribution < -0.4 is 14.8 Å². The van der Waals surface area contributed by atoms with E-state index in [1.54, 1.807) is 19.2 Å². The van der Waals surface area contributed by atoms with Crippen molar-refractivity contribution in [3.63, 3.8) is 0 Å². The number of halogens is 3. The number of hydrogen-bond donors (Lipinski definition) is 1. The van der Waals surface area contributed by atoms with Crippen LogP contribution in [0.5, 0.6) is 11.5 Å². The Bertz CT molecular complexity index is 606. The Morgan fingerprint density at radius 2 is 1.82 bits per heavy atom. The predicted octanol–water partition coefficient (Wildman–Crippen LogP) is 4.21. The van der Waals surface area contributed by atoms with E-state index >= 15 is 0 Å². The van der Waals surface area contributed by atoms with E-state index in [2.05, 4.69) is 5.32 Å². The molecule has 0 spiro atoms. The number of nitrogens with one attached hydrogen (secondary N) is 1. The second kappa shape index (κ2) is 8.83. The van der Waals surface area contributed by atoms with E-state index in [0.717, 1.165) is 11.1 Å². The van der Waals surface area contributed by atoms with Crippen molar-refractivity contribution in [1.29, 1.82) is 0 Å². The van der Waals surface area contributed by atoms with Gasteiger partial charge in [0.2, 0.25) is 0 Å². The Kier molecular flexibility index (Phi) is 7.45. The molecule has 2 aromatic rings. The highest BCUT2D eigenvalue weighted by atomic mass is 35.5. The van der Waals surface area contributed by atoms with Gasteiger partial charge in [-0.1, -0.05) is 23.7 Å². The van der Waals surface area contributed by atoms with Gasteiger partial charge < -0.3 is 14.8 Å². The van der Waals surface area contributed by atoms with Crippen LogP contribution in [0, 0.1) is 5.82 Å². The zero-order valence-corrected chi connectivity index (χ0v) is 13.9. The molecule has 1 N–H and O–H groups in total. The van der Waals surface area contributed by atoms with Crippen LogP contribution in [0.25, 0.3) is 0 Å². The highest BCUT2D eigenvalue weighted by molar-refractivity contribution is 6.32. The molecule has 2 aromatic carbocycles. The van der Waals surface area contributed by atoms with E-state index in [9.17, 15) is 4.39 Å². The molecule has 0 radical (unpaired) electrons. The van der Waals surface area contributed by atoms with Gasteiger partial charge in [-0.25, -0.2) is 4.39 Å². The molecular formula is C16H18Cl2FNO2. The van der Waals surface area contributed by atoms with Crippen molar-refractivity contribution in [2.45, 2.75) is 13.2 Å². The Hall–Kier alpha value is -1.49. The van der Waals surface area contributed by atoms with Crippen LogP contribution in [-0.4, -0.2) is 14.2 Å². The minimum Gasteiger partial charge on any atom is -0.493 e. The molecular weight excluding hydrogens is 328 g/mol. The summed E-state index contributed by atoms with van der Waals surface area (Å²) < 4.78 is 23.9. The fourth-order valence-corrected chi connectivity index (χ4v) is 2.24. The molecule has 0 fully saturated rings. The van der Waals surface area contributed by atoms with Crippen molar-refractivity contribution in [1.82, 2.24) is 5.32 Å². The minimum absolute atomic E-state index is 0. The fraction of sp³-hybridized carbons (Fsp3) is 0.250. The van der Waals surface area contributed by atoms with Gasteiger partial charge in [-0.05, 0) is 42.4 Å². The summed E-state index contributed by atoms with van der Waals surface area (Å²) in [5.41, 5.74) is 1.86. The van der Waals surface area contributed by atoms with E-state index in [1.807, 2.05) is 19.2 Å². The van der Waals surface area contributed by atoms with Crippen molar-refractivity contribution < 1.29 is 13.9 Å². The average Bonchev–Trinajstić information content (AvgIpc) is 2.47. The molecule has 6 heteroatoms. The van der Waals surface area contributed by atoms with Gasteiger partial charge in [-0.3, -0.25) is 0 Å². The average molecular weight is 346 g/mol. The van der Waals surface area contributed by atoms with E-state index in [0.29, 0.717) is 29.7 Å². The zero-order chi connectivity index (χ0) is 15.2. The Morgan fingerprint density at radius 1 is 1.14 bits per heavy atom. The third-order valence-corrected chi connectivity index (χ3v) is 3.25. The molecule has 2 rings (SSSR count). The van der Waals surface area contributed by atoms with Gasteiger partial charge in [-0.15, -0.1) is 12.4 Å². The largest absolute Gasteiger partial charge is 0.493 e. The van der Waals surface area contributed by atoms with E-state index < -0.39 is 0 Å². The molecule has 0 aliphatic heterocycles. The van der Waals surface area contributed by atoms with Crippen LogP contribution in [0.1, 0.15) is 11.1 Å². The molecule has 0 amide bonds. The monoisotopic (exact) mass is 345 g/mol. The second-order valence-electron chi connectivity index (χ2n) is 4.55. The van der Waals surface area contributed by atoms with Gasteiger partial charge >= 0.3 is 0 Å². The van der Waals surface area contributed by atoms with Crippen molar-refractivity contribution in [3.8, 4) is 11.5 Å². The van der Waals surface area contributed by atoms with Crippen LogP contribution in [0.4, 0.5) is 4.39 Å². The third kappa shape index (κ3) is 4.77. The zero-order valence-electron chi connectivity index (χ0n) is 12.4. The van der Waals surface area contributed by atoms with Crippen molar-refractivity contribution in [3.05, 3.63) is 58.4 Å². The number of hydrogen-bond acceptors (Lipinski definition) is 3. The van der Waals surface area contributed by atoms with E-state index in [-0.39, 0.29) is 18.2 Å². The lowest BCUT2D eigenvalue weighted by molar-refractivity contribution is 0.284. The van der Waals surface area contributed by atoms with Gasteiger partial charge in [0.1, 0.15) is 12.4 Å². The highest BCUT2D eigenvalue weighted by Crippen LogP contribution is 2.36. The first-order valence-corrected chi connectivity index (χ1v) is 6.90. The number of ether oxygens (including phenoxy) is 2. The number of methoxy groups -OCH3 is 1. The molecule has 3 nitrogen and oxygen atoms in total. The van der Waals surface area contributed by atoms with Gasteiger partial charge in [-0.2, -0.15) is 0 Å². The number of rotatable bonds is 6. The maximum Gasteiger partial charge on any atom is 0.180 e. The summed E-state index contributed by atoms with van der Waals surface area (Å²) in [5, 5.41) is 3.54. The van der Waals surface area contributed by atoms with Crippen LogP contribution in [0.3, 0.4) is 0 Å². The lowest BCUT2D eigenvalue weighted by Gasteiger charge is -2.14. The standard InChI is InChI=1S/C16H17ClFNO2.ClH/c1-19-9-12-7-14(17)16(15(8-12)20-2)21-10-11-3-5-13(18)6-4-11;/h3-8,19H,9-10H2,1-2H3;1H. The van der Waals surface area contributed by atoms with E-state index in [4.69, 9.17) is 21.1 Å². The molecule has 0 aromatic heterocycles. The van der Waals surface area contributed by atoms with Gasteiger partial charge in [0, 0.05) is 6.54 Å². The maximum atomic E-state index is 12.9. The van der Waals surface area contributed by atoms with Crippen molar-refractivity contribution >= 4 is 24.0 Å². The molecule has 0 atom stereocenters. The molecule has 0 bridgehead atoms. The SMILES string of the molecule is CNCc1cc(Cl)c(OCc2ccc(F)cc2)c(OC)c1.Cl. The molecule has 0 aliphatic rings. The second-order valence-corrected chi connectivity index (χ2v) is 4.96. The molecule has 22 heavy (non-hydrogen) atoms. The number of benzene rings is 2. The molecule has 0 saturated heterocycles. The fourth-order valence-electron chi connectivity index (χ4n) is 1.96. The molecule has 120 valence electrons. The van der Waals surface area contributed by atoms with Crippen molar-refractivity contribution in [2.24, 2.45) is 0 Å². The predicted molar refractivity (Wildman–Crippen MR) is 88.7 cm³/mol. The Labute approximate surface area is 140 Å². The van der Waals surface area contributed by atoms with Gasteiger partial charge in [0.25, 0.3) is 0 Å². The smallest absolute Gasteiger partial charge is 0.180 e. The Balaban J connectivity index is 0.00000242. The van der Waals surface area contributed by atoms with Gasteiger partial charge in [0.05, 0.1) is 12.1 Å². The molecule has 0 saturated carbocycles. The van der Waals surface area contributed by atoms with Crippen LogP contribution >= 0.6 is 24.0 Å². The Morgan fingerprint density at radius 3 is 2.41 bits per heavy atom. The molecule has 0 heterocycles. The first-order valence-electron chi connectivity index (χ1n) is 6.52. The van der Waals surface area contributed by atoms with Crippen LogP contribution in [0.15, 0.2) is 36.4 Å². The summed E-state index contributed by atoms with van der Waals surface area (Å²) in [6, 6.07) is 9.85. The van der Waals surface area contributed by atoms with Crippen molar-refractivity contribution in [2.75, 3.05) is 14.2 Å². The van der Waals surface area contributed by atoms with E-state index in [1.165, 1.54) is 12.1 Å². The topological polar surface area (TPSA) is 30.5 Å². The summed E-state index contributed by atoms with van der Waals surface area (Å²) in [6.45, 7) is 0.982. The minimum atomic E-state index is -0.272. The summed E-state index contributed by atoms with van der Waals surface area (Å²) in [5.74, 6) is 0.795. The van der Waals surface area contributed by atoms with Crippen LogP contribution in [-0.2, 0) is 13.2 Å². The maximum absolute atomic E-state index is 12.9. The van der Waals surface area contributed by atoms with Crippen LogP contribution in [0.2, 0.25) is 5.02 Å². The lowest BCUT2D eigenvalue weighted by Crippen LogP contribution is -2.06. The summed E-state index contributed by atoms with van der Waals surface area (Å²) in [4.78, 5) is 0. The first kappa shape index (κ1) is 18.6. The normalized spacial score (nSPS) is 10.0. The third-order valence-electron chi connectivity index (χ3n) is 2.97.